The van der Waals surface area contributed by atoms with E-state index in [0.29, 0.717) is 12.2 Å². The second-order valence-corrected chi connectivity index (χ2v) is 3.33. The van der Waals surface area contributed by atoms with Crippen LogP contribution in [0.25, 0.3) is 0 Å². The highest BCUT2D eigenvalue weighted by Crippen LogP contribution is 2.13. The van der Waals surface area contributed by atoms with E-state index in [9.17, 15) is 4.79 Å². The smallest absolute Gasteiger partial charge is 0.238 e. The number of hydrogen-bond acceptors (Lipinski definition) is 3. The molecule has 1 aromatic carbocycles. The predicted octanol–water partition coefficient (Wildman–Crippen LogP) is 0.892. The number of phenolic OH excluding ortho intramolecular Hbond substituents is 1. The zero-order valence-electron chi connectivity index (χ0n) is 8.32. The zero-order valence-corrected chi connectivity index (χ0v) is 8.32. The highest BCUT2D eigenvalue weighted by molar-refractivity contribution is 5.92. The summed E-state index contributed by atoms with van der Waals surface area (Å²) in [6.07, 6.45) is 0. The molecule has 0 aliphatic carbocycles. The van der Waals surface area contributed by atoms with Crippen molar-refractivity contribution in [2.45, 2.75) is 0 Å². The number of rotatable bonds is 3. The van der Waals surface area contributed by atoms with E-state index in [1.807, 2.05) is 14.1 Å². The molecule has 0 radical (unpaired) electrons. The van der Waals surface area contributed by atoms with Gasteiger partial charge in [-0.1, -0.05) is 0 Å². The summed E-state index contributed by atoms with van der Waals surface area (Å²) < 4.78 is 0. The molecule has 0 heterocycles. The van der Waals surface area contributed by atoms with Gasteiger partial charge in [-0.2, -0.15) is 0 Å². The van der Waals surface area contributed by atoms with Crippen LogP contribution in [0, 0.1) is 0 Å². The van der Waals surface area contributed by atoms with Crippen LogP contribution in [-0.2, 0) is 4.79 Å². The Morgan fingerprint density at radius 2 is 1.93 bits per heavy atom. The first kappa shape index (κ1) is 10.5. The molecular weight excluding hydrogens is 180 g/mol. The summed E-state index contributed by atoms with van der Waals surface area (Å²) in [5, 5.41) is 11.7. The molecule has 2 N–H and O–H groups in total. The SMILES string of the molecule is CN(C)CC(=O)Nc1ccc(O)cc1. The lowest BCUT2D eigenvalue weighted by Crippen LogP contribution is -2.26. The molecule has 0 atom stereocenters. The van der Waals surface area contributed by atoms with Crippen LogP contribution in [0.3, 0.4) is 0 Å². The van der Waals surface area contributed by atoms with Gasteiger partial charge in [-0.05, 0) is 38.4 Å². The summed E-state index contributed by atoms with van der Waals surface area (Å²) in [6, 6.07) is 6.38. The average Bonchev–Trinajstić information content (AvgIpc) is 2.07. The number of amides is 1. The van der Waals surface area contributed by atoms with Crippen molar-refractivity contribution in [2.24, 2.45) is 0 Å². The molecule has 4 heteroatoms. The maximum absolute atomic E-state index is 11.3. The third kappa shape index (κ3) is 3.45. The molecule has 14 heavy (non-hydrogen) atoms. The van der Waals surface area contributed by atoms with E-state index in [2.05, 4.69) is 5.32 Å². The van der Waals surface area contributed by atoms with E-state index in [-0.39, 0.29) is 11.7 Å². The number of carbonyl (C=O) groups is 1. The van der Waals surface area contributed by atoms with Crippen molar-refractivity contribution in [1.29, 1.82) is 0 Å². The van der Waals surface area contributed by atoms with Gasteiger partial charge in [0, 0.05) is 5.69 Å². The van der Waals surface area contributed by atoms with E-state index >= 15 is 0 Å². The molecule has 1 aromatic rings. The molecule has 0 saturated heterocycles. The molecule has 0 unspecified atom stereocenters. The van der Waals surface area contributed by atoms with Crippen molar-refractivity contribution < 1.29 is 9.90 Å². The minimum Gasteiger partial charge on any atom is -0.508 e. The van der Waals surface area contributed by atoms with Crippen LogP contribution in [-0.4, -0.2) is 36.6 Å². The molecule has 1 amide bonds. The van der Waals surface area contributed by atoms with Gasteiger partial charge in [-0.15, -0.1) is 0 Å². The van der Waals surface area contributed by atoms with Crippen LogP contribution in [0.15, 0.2) is 24.3 Å². The van der Waals surface area contributed by atoms with Crippen molar-refractivity contribution in [3.05, 3.63) is 24.3 Å². The normalized spacial score (nSPS) is 10.2. The lowest BCUT2D eigenvalue weighted by atomic mass is 10.3. The topological polar surface area (TPSA) is 52.6 Å². The van der Waals surface area contributed by atoms with E-state index in [1.165, 1.54) is 12.1 Å². The van der Waals surface area contributed by atoms with Crippen molar-refractivity contribution >= 4 is 11.6 Å². The van der Waals surface area contributed by atoms with Crippen LogP contribution >= 0.6 is 0 Å². The molecule has 0 spiro atoms. The summed E-state index contributed by atoms with van der Waals surface area (Å²) in [7, 11) is 3.66. The lowest BCUT2D eigenvalue weighted by molar-refractivity contribution is -0.116. The molecule has 0 aliphatic heterocycles. The number of anilines is 1. The molecule has 4 nitrogen and oxygen atoms in total. The van der Waals surface area contributed by atoms with Crippen LogP contribution in [0.4, 0.5) is 5.69 Å². The number of benzene rings is 1. The Morgan fingerprint density at radius 3 is 2.43 bits per heavy atom. The maximum Gasteiger partial charge on any atom is 0.238 e. The third-order valence-corrected chi connectivity index (χ3v) is 1.61. The number of aromatic hydroxyl groups is 1. The van der Waals surface area contributed by atoms with Crippen molar-refractivity contribution in [3.63, 3.8) is 0 Å². The van der Waals surface area contributed by atoms with Gasteiger partial charge in [-0.3, -0.25) is 4.79 Å². The highest BCUT2D eigenvalue weighted by atomic mass is 16.3. The first-order valence-corrected chi connectivity index (χ1v) is 4.31. The monoisotopic (exact) mass is 194 g/mol. The van der Waals surface area contributed by atoms with Crippen LogP contribution in [0.1, 0.15) is 0 Å². The van der Waals surface area contributed by atoms with Gasteiger partial charge in [0.2, 0.25) is 5.91 Å². The second kappa shape index (κ2) is 4.62. The van der Waals surface area contributed by atoms with Gasteiger partial charge in [-0.25, -0.2) is 0 Å². The third-order valence-electron chi connectivity index (χ3n) is 1.61. The zero-order chi connectivity index (χ0) is 10.6. The number of phenols is 1. The molecule has 76 valence electrons. The summed E-state index contributed by atoms with van der Waals surface area (Å²) >= 11 is 0. The lowest BCUT2D eigenvalue weighted by Gasteiger charge is -2.09. The fraction of sp³-hybridized carbons (Fsp3) is 0.300. The Labute approximate surface area is 83.2 Å². The Morgan fingerprint density at radius 1 is 1.36 bits per heavy atom. The first-order chi connectivity index (χ1) is 6.58. The van der Waals surface area contributed by atoms with Crippen molar-refractivity contribution in [2.75, 3.05) is 26.0 Å². The molecule has 0 aliphatic rings. The largest absolute Gasteiger partial charge is 0.508 e. The van der Waals surface area contributed by atoms with Gasteiger partial charge in [0.1, 0.15) is 5.75 Å². The molecule has 0 aromatic heterocycles. The number of likely N-dealkylation sites (N-methyl/N-ethyl adjacent to an activating group) is 1. The summed E-state index contributed by atoms with van der Waals surface area (Å²) in [4.78, 5) is 13.1. The molecule has 0 bridgehead atoms. The number of nitrogens with zero attached hydrogens (tertiary/aromatic N) is 1. The average molecular weight is 194 g/mol. The van der Waals surface area contributed by atoms with Gasteiger partial charge in [0.05, 0.1) is 6.54 Å². The number of carbonyl (C=O) groups excluding carboxylic acids is 1. The molecule has 0 saturated carbocycles. The summed E-state index contributed by atoms with van der Waals surface area (Å²) in [5.74, 6) is 0.122. The van der Waals surface area contributed by atoms with Gasteiger partial charge in [0.25, 0.3) is 0 Å². The van der Waals surface area contributed by atoms with E-state index in [4.69, 9.17) is 5.11 Å². The van der Waals surface area contributed by atoms with E-state index in [1.54, 1.807) is 17.0 Å². The fourth-order valence-corrected chi connectivity index (χ4v) is 1.03. The second-order valence-electron chi connectivity index (χ2n) is 3.33. The minimum atomic E-state index is -0.0688. The Bertz CT molecular complexity index is 306. The Balaban J connectivity index is 2.52. The van der Waals surface area contributed by atoms with Gasteiger partial charge < -0.3 is 15.3 Å². The summed E-state index contributed by atoms with van der Waals surface area (Å²) in [6.45, 7) is 0.348. The summed E-state index contributed by atoms with van der Waals surface area (Å²) in [5.41, 5.74) is 0.689. The standard InChI is InChI=1S/C10H14N2O2/c1-12(2)7-10(14)11-8-3-5-9(13)6-4-8/h3-6,13H,7H2,1-2H3,(H,11,14). The van der Waals surface area contributed by atoms with E-state index in [0.717, 1.165) is 0 Å². The van der Waals surface area contributed by atoms with Crippen molar-refractivity contribution in [1.82, 2.24) is 4.90 Å². The number of hydrogen-bond donors (Lipinski definition) is 2. The van der Waals surface area contributed by atoms with Gasteiger partial charge >= 0.3 is 0 Å². The maximum atomic E-state index is 11.3. The molecule has 0 fully saturated rings. The highest BCUT2D eigenvalue weighted by Gasteiger charge is 2.02. The van der Waals surface area contributed by atoms with E-state index < -0.39 is 0 Å². The quantitative estimate of drug-likeness (QED) is 0.703. The first-order valence-electron chi connectivity index (χ1n) is 4.31. The molecule has 1 rings (SSSR count). The Hall–Kier alpha value is -1.55. The predicted molar refractivity (Wildman–Crippen MR) is 55.3 cm³/mol. The van der Waals surface area contributed by atoms with Crippen LogP contribution in [0.2, 0.25) is 0 Å². The van der Waals surface area contributed by atoms with Crippen molar-refractivity contribution in [3.8, 4) is 5.75 Å². The number of nitrogens with one attached hydrogen (secondary N) is 1. The fourth-order valence-electron chi connectivity index (χ4n) is 1.03. The molecular formula is C10H14N2O2. The minimum absolute atomic E-state index is 0.0688. The Kier molecular flexibility index (Phi) is 3.48. The van der Waals surface area contributed by atoms with Gasteiger partial charge in [0.15, 0.2) is 0 Å². The van der Waals surface area contributed by atoms with Crippen LogP contribution < -0.4 is 5.32 Å². The van der Waals surface area contributed by atoms with Crippen LogP contribution in [0.5, 0.6) is 5.75 Å².